The molecule has 1 fully saturated rings. The van der Waals surface area contributed by atoms with Gasteiger partial charge in [-0.1, -0.05) is 35.3 Å². The molecular weight excluding hydrogens is 461 g/mol. The van der Waals surface area contributed by atoms with Crippen LogP contribution in [0.4, 0.5) is 4.79 Å². The van der Waals surface area contributed by atoms with Gasteiger partial charge in [0.1, 0.15) is 5.75 Å². The molecule has 0 aromatic heterocycles. The molecule has 4 nitrogen and oxygen atoms in total. The zero-order valence-corrected chi connectivity index (χ0v) is 17.4. The van der Waals surface area contributed by atoms with Gasteiger partial charge in [0.05, 0.1) is 23.0 Å². The number of hydrogen-bond donors (Lipinski definition) is 0. The lowest BCUT2D eigenvalue weighted by Crippen LogP contribution is -2.27. The molecule has 1 aliphatic rings. The number of benzene rings is 2. The molecule has 3 rings (SSSR count). The summed E-state index contributed by atoms with van der Waals surface area (Å²) in [6, 6.07) is 10.5. The summed E-state index contributed by atoms with van der Waals surface area (Å²) in [6.45, 7) is 0.0345. The number of ether oxygens (including phenoxy) is 1. The van der Waals surface area contributed by atoms with Gasteiger partial charge in [0.15, 0.2) is 0 Å². The Morgan fingerprint density at radius 3 is 2.50 bits per heavy atom. The summed E-state index contributed by atoms with van der Waals surface area (Å²) in [6.07, 6.45) is 1.67. The van der Waals surface area contributed by atoms with E-state index in [1.807, 2.05) is 12.1 Å². The number of methoxy groups -OCH3 is 1. The molecule has 2 aromatic carbocycles. The first kappa shape index (κ1) is 19.3. The first-order chi connectivity index (χ1) is 12.4. The number of amides is 2. The third-order valence-corrected chi connectivity index (χ3v) is 5.96. The van der Waals surface area contributed by atoms with Crippen LogP contribution < -0.4 is 4.74 Å². The molecule has 0 saturated carbocycles. The fourth-order valence-corrected chi connectivity index (χ4v) is 4.32. The van der Waals surface area contributed by atoms with E-state index in [9.17, 15) is 9.59 Å². The van der Waals surface area contributed by atoms with Crippen molar-refractivity contribution >= 4 is 68.1 Å². The number of carbonyl (C=O) groups excluding carboxylic acids is 2. The summed E-state index contributed by atoms with van der Waals surface area (Å²) in [5, 5.41) is 0.476. The molecule has 134 valence electrons. The minimum Gasteiger partial charge on any atom is -0.496 e. The standard InChI is InChI=1S/C18H12BrCl2NO3S/c1-25-15-6-5-10(7-12(15)19)8-16-17(23)22(18(24)26-16)9-11-13(20)3-2-4-14(11)21/h2-8H,9H2,1H3/b16-8-. The van der Waals surface area contributed by atoms with Gasteiger partial charge in [-0.25, -0.2) is 0 Å². The van der Waals surface area contributed by atoms with Crippen molar-refractivity contribution in [3.63, 3.8) is 0 Å². The lowest BCUT2D eigenvalue weighted by atomic mass is 10.2. The summed E-state index contributed by atoms with van der Waals surface area (Å²) in [4.78, 5) is 26.4. The van der Waals surface area contributed by atoms with Crippen molar-refractivity contribution in [2.75, 3.05) is 7.11 Å². The molecule has 2 amide bonds. The molecule has 1 saturated heterocycles. The molecule has 0 aliphatic carbocycles. The van der Waals surface area contributed by atoms with Crippen LogP contribution >= 0.6 is 50.9 Å². The maximum atomic E-state index is 12.6. The highest BCUT2D eigenvalue weighted by molar-refractivity contribution is 9.10. The van der Waals surface area contributed by atoms with Crippen molar-refractivity contribution in [3.8, 4) is 5.75 Å². The fourth-order valence-electron chi connectivity index (χ4n) is 2.40. The quantitative estimate of drug-likeness (QED) is 0.512. The molecule has 0 unspecified atom stereocenters. The number of imide groups is 1. The van der Waals surface area contributed by atoms with Crippen molar-refractivity contribution < 1.29 is 14.3 Å². The first-order valence-electron chi connectivity index (χ1n) is 7.42. The van der Waals surface area contributed by atoms with Crippen LogP contribution in [0.1, 0.15) is 11.1 Å². The van der Waals surface area contributed by atoms with E-state index in [1.54, 1.807) is 37.5 Å². The smallest absolute Gasteiger partial charge is 0.293 e. The van der Waals surface area contributed by atoms with Crippen molar-refractivity contribution in [1.82, 2.24) is 4.90 Å². The number of carbonyl (C=O) groups is 2. The lowest BCUT2D eigenvalue weighted by Gasteiger charge is -2.14. The van der Waals surface area contributed by atoms with Gasteiger partial charge in [-0.05, 0) is 63.6 Å². The third-order valence-electron chi connectivity index (χ3n) is 3.73. The summed E-state index contributed by atoms with van der Waals surface area (Å²) in [7, 11) is 1.57. The molecular formula is C18H12BrCl2NO3S. The minimum absolute atomic E-state index is 0.0345. The molecule has 0 N–H and O–H groups in total. The van der Waals surface area contributed by atoms with Crippen LogP contribution in [0, 0.1) is 0 Å². The van der Waals surface area contributed by atoms with E-state index in [0.29, 0.717) is 26.3 Å². The van der Waals surface area contributed by atoms with Crippen molar-refractivity contribution in [1.29, 1.82) is 0 Å². The summed E-state index contributed by atoms with van der Waals surface area (Å²) < 4.78 is 5.95. The van der Waals surface area contributed by atoms with E-state index in [2.05, 4.69) is 15.9 Å². The Morgan fingerprint density at radius 1 is 1.19 bits per heavy atom. The van der Waals surface area contributed by atoms with E-state index in [1.165, 1.54) is 0 Å². The Morgan fingerprint density at radius 2 is 1.88 bits per heavy atom. The summed E-state index contributed by atoms with van der Waals surface area (Å²) in [5.41, 5.74) is 1.32. The van der Waals surface area contributed by atoms with Crippen LogP contribution in [0.5, 0.6) is 5.75 Å². The second kappa shape index (κ2) is 8.05. The van der Waals surface area contributed by atoms with E-state index in [4.69, 9.17) is 27.9 Å². The molecule has 2 aromatic rings. The van der Waals surface area contributed by atoms with Crippen LogP contribution in [0.15, 0.2) is 45.8 Å². The molecule has 26 heavy (non-hydrogen) atoms. The molecule has 0 atom stereocenters. The molecule has 0 bridgehead atoms. The van der Waals surface area contributed by atoms with Crippen LogP contribution in [0.3, 0.4) is 0 Å². The first-order valence-corrected chi connectivity index (χ1v) is 9.79. The van der Waals surface area contributed by atoms with Gasteiger partial charge in [0.25, 0.3) is 11.1 Å². The highest BCUT2D eigenvalue weighted by atomic mass is 79.9. The molecule has 1 aliphatic heterocycles. The predicted molar refractivity (Wildman–Crippen MR) is 109 cm³/mol. The van der Waals surface area contributed by atoms with Crippen molar-refractivity contribution in [2.45, 2.75) is 6.54 Å². The summed E-state index contributed by atoms with van der Waals surface area (Å²) in [5.74, 6) is 0.312. The Balaban J connectivity index is 1.86. The van der Waals surface area contributed by atoms with Crippen LogP contribution in [0.2, 0.25) is 10.0 Å². The number of halogens is 3. The zero-order chi connectivity index (χ0) is 18.8. The summed E-state index contributed by atoms with van der Waals surface area (Å²) >= 11 is 16.6. The molecule has 8 heteroatoms. The van der Waals surface area contributed by atoms with E-state index >= 15 is 0 Å². The van der Waals surface area contributed by atoms with Gasteiger partial charge in [-0.3, -0.25) is 14.5 Å². The van der Waals surface area contributed by atoms with E-state index in [-0.39, 0.29) is 17.7 Å². The Labute approximate surface area is 173 Å². The zero-order valence-electron chi connectivity index (χ0n) is 13.5. The monoisotopic (exact) mass is 471 g/mol. The molecule has 1 heterocycles. The van der Waals surface area contributed by atoms with Gasteiger partial charge in [-0.15, -0.1) is 0 Å². The van der Waals surface area contributed by atoms with Gasteiger partial charge < -0.3 is 4.74 Å². The topological polar surface area (TPSA) is 46.6 Å². The van der Waals surface area contributed by atoms with Crippen LogP contribution in [0.25, 0.3) is 6.08 Å². The molecule has 0 radical (unpaired) electrons. The maximum Gasteiger partial charge on any atom is 0.293 e. The number of thioether (sulfide) groups is 1. The van der Waals surface area contributed by atoms with Gasteiger partial charge >= 0.3 is 0 Å². The lowest BCUT2D eigenvalue weighted by molar-refractivity contribution is -0.123. The van der Waals surface area contributed by atoms with Crippen molar-refractivity contribution in [3.05, 3.63) is 66.9 Å². The minimum atomic E-state index is -0.372. The second-order valence-electron chi connectivity index (χ2n) is 5.36. The Bertz CT molecular complexity index is 912. The van der Waals surface area contributed by atoms with Crippen LogP contribution in [-0.4, -0.2) is 23.2 Å². The van der Waals surface area contributed by atoms with Crippen LogP contribution in [-0.2, 0) is 11.3 Å². The number of nitrogens with zero attached hydrogens (tertiary/aromatic N) is 1. The second-order valence-corrected chi connectivity index (χ2v) is 8.02. The largest absolute Gasteiger partial charge is 0.496 e. The normalized spacial score (nSPS) is 15.8. The van der Waals surface area contributed by atoms with Crippen molar-refractivity contribution in [2.24, 2.45) is 0 Å². The SMILES string of the molecule is COc1ccc(/C=C2\SC(=O)N(Cc3c(Cl)cccc3Cl)C2=O)cc1Br. The molecule has 0 spiro atoms. The average Bonchev–Trinajstić information content (AvgIpc) is 2.85. The highest BCUT2D eigenvalue weighted by Crippen LogP contribution is 2.36. The number of rotatable bonds is 4. The predicted octanol–water partition coefficient (Wildman–Crippen LogP) is 6.00. The Hall–Kier alpha value is -1.47. The van der Waals surface area contributed by atoms with E-state index < -0.39 is 0 Å². The third kappa shape index (κ3) is 3.93. The maximum absolute atomic E-state index is 12.6. The van der Waals surface area contributed by atoms with Gasteiger partial charge in [0, 0.05) is 15.6 Å². The Kier molecular flexibility index (Phi) is 5.97. The van der Waals surface area contributed by atoms with E-state index in [0.717, 1.165) is 26.7 Å². The highest BCUT2D eigenvalue weighted by Gasteiger charge is 2.35. The fraction of sp³-hybridized carbons (Fsp3) is 0.111. The number of hydrogen-bond acceptors (Lipinski definition) is 4. The van der Waals surface area contributed by atoms with Gasteiger partial charge in [-0.2, -0.15) is 0 Å². The average molecular weight is 473 g/mol. The van der Waals surface area contributed by atoms with Gasteiger partial charge in [0.2, 0.25) is 0 Å².